The summed E-state index contributed by atoms with van der Waals surface area (Å²) in [7, 11) is 0. The summed E-state index contributed by atoms with van der Waals surface area (Å²) in [6.07, 6.45) is 0. The van der Waals surface area contributed by atoms with E-state index in [1.54, 1.807) is 0 Å². The minimum atomic E-state index is 1.09. The van der Waals surface area contributed by atoms with Crippen LogP contribution in [0.4, 0.5) is 17.1 Å². The van der Waals surface area contributed by atoms with Gasteiger partial charge in [0.15, 0.2) is 0 Å². The van der Waals surface area contributed by atoms with Gasteiger partial charge >= 0.3 is 0 Å². The lowest BCUT2D eigenvalue weighted by Gasteiger charge is -2.26. The molecule has 0 spiro atoms. The van der Waals surface area contributed by atoms with E-state index in [-0.39, 0.29) is 0 Å². The zero-order valence-corrected chi connectivity index (χ0v) is 31.5. The highest BCUT2D eigenvalue weighted by Gasteiger charge is 2.17. The van der Waals surface area contributed by atoms with Crippen LogP contribution < -0.4 is 4.90 Å². The van der Waals surface area contributed by atoms with Gasteiger partial charge < -0.3 is 4.90 Å². The number of hydrogen-bond acceptors (Lipinski definition) is 1. The molecule has 10 aromatic rings. The molecule has 0 aliphatic rings. The fourth-order valence-electron chi connectivity index (χ4n) is 8.27. The lowest BCUT2D eigenvalue weighted by atomic mass is 9.90. The van der Waals surface area contributed by atoms with E-state index in [0.717, 1.165) is 17.1 Å². The summed E-state index contributed by atoms with van der Waals surface area (Å²) in [5.74, 6) is 0. The highest BCUT2D eigenvalue weighted by Crippen LogP contribution is 2.42. The molecule has 0 amide bonds. The molecule has 0 saturated carbocycles. The molecule has 0 radical (unpaired) electrons. The van der Waals surface area contributed by atoms with Gasteiger partial charge in [0, 0.05) is 17.1 Å². The van der Waals surface area contributed by atoms with E-state index in [0.29, 0.717) is 0 Å². The molecule has 0 atom stereocenters. The van der Waals surface area contributed by atoms with Crippen molar-refractivity contribution < 1.29 is 0 Å². The monoisotopic (exact) mass is 725 g/mol. The molecule has 0 heterocycles. The quantitative estimate of drug-likeness (QED) is 0.151. The fraction of sp³-hybridized carbons (Fsp3) is 0. The second kappa shape index (κ2) is 15.0. The minimum absolute atomic E-state index is 1.09. The van der Waals surface area contributed by atoms with Gasteiger partial charge in [0.25, 0.3) is 0 Å². The van der Waals surface area contributed by atoms with E-state index in [4.69, 9.17) is 0 Å². The second-order valence-corrected chi connectivity index (χ2v) is 14.5. The Balaban J connectivity index is 1.05. The van der Waals surface area contributed by atoms with Crippen LogP contribution in [0.1, 0.15) is 0 Å². The fourth-order valence-corrected chi connectivity index (χ4v) is 8.27. The van der Waals surface area contributed by atoms with Gasteiger partial charge in [-0.3, -0.25) is 0 Å². The highest BCUT2D eigenvalue weighted by molar-refractivity contribution is 6.04. The van der Waals surface area contributed by atoms with Crippen LogP contribution in [0.15, 0.2) is 237 Å². The van der Waals surface area contributed by atoms with Gasteiger partial charge in [-0.25, -0.2) is 0 Å². The molecule has 10 rings (SSSR count). The maximum absolute atomic E-state index is 2.37. The van der Waals surface area contributed by atoms with Gasteiger partial charge in [-0.15, -0.1) is 0 Å². The molecule has 268 valence electrons. The van der Waals surface area contributed by atoms with Crippen molar-refractivity contribution in [1.82, 2.24) is 0 Å². The first-order valence-corrected chi connectivity index (χ1v) is 19.6. The number of hydrogen-bond donors (Lipinski definition) is 0. The number of nitrogens with zero attached hydrogens (tertiary/aromatic N) is 1. The van der Waals surface area contributed by atoms with Crippen LogP contribution in [0.5, 0.6) is 0 Å². The number of benzene rings is 10. The molecule has 0 fully saturated rings. The standard InChI is InChI=1S/C56H39N/c1-3-14-40(15-4-1)47-22-12-24-51(39-47)57(49-33-28-41(29-34-49)46-21-11-23-48(38-46)53-27-13-20-42-16-7-9-25-52(42)53)50-35-30-44(31-36-50)55-37-32-43-17-8-10-26-54(43)56(55)45-18-5-2-6-19-45/h1-39H. The van der Waals surface area contributed by atoms with Crippen molar-refractivity contribution in [3.8, 4) is 55.6 Å². The SMILES string of the molecule is c1ccc(-c2cccc(N(c3ccc(-c4cccc(-c5cccc6ccccc56)c4)cc3)c3ccc(-c4ccc5ccccc5c4-c4ccccc4)cc3)c2)cc1. The van der Waals surface area contributed by atoms with Crippen molar-refractivity contribution in [1.29, 1.82) is 0 Å². The lowest BCUT2D eigenvalue weighted by molar-refractivity contribution is 1.28. The normalized spacial score (nSPS) is 11.2. The second-order valence-electron chi connectivity index (χ2n) is 14.5. The topological polar surface area (TPSA) is 3.24 Å². The van der Waals surface area contributed by atoms with Crippen LogP contribution in [0, 0.1) is 0 Å². The Bertz CT molecular complexity index is 2980. The Morgan fingerprint density at radius 3 is 1.44 bits per heavy atom. The van der Waals surface area contributed by atoms with E-state index in [1.807, 2.05) is 0 Å². The molecule has 0 saturated heterocycles. The molecule has 0 unspecified atom stereocenters. The van der Waals surface area contributed by atoms with Gasteiger partial charge in [-0.1, -0.05) is 194 Å². The Labute approximate surface area is 334 Å². The molecule has 0 N–H and O–H groups in total. The first kappa shape index (κ1) is 34.0. The maximum Gasteiger partial charge on any atom is 0.0467 e. The predicted octanol–water partition coefficient (Wildman–Crippen LogP) is 15.8. The Morgan fingerprint density at radius 2 is 0.719 bits per heavy atom. The number of rotatable bonds is 8. The van der Waals surface area contributed by atoms with Crippen molar-refractivity contribution >= 4 is 38.6 Å². The smallest absolute Gasteiger partial charge is 0.0467 e. The molecule has 0 aliphatic carbocycles. The van der Waals surface area contributed by atoms with Crippen LogP contribution in [0.25, 0.3) is 77.2 Å². The Kier molecular flexibility index (Phi) is 8.95. The van der Waals surface area contributed by atoms with Crippen molar-refractivity contribution in [2.45, 2.75) is 0 Å². The van der Waals surface area contributed by atoms with Crippen LogP contribution in [-0.4, -0.2) is 0 Å². The zero-order chi connectivity index (χ0) is 38.0. The van der Waals surface area contributed by atoms with Crippen LogP contribution in [0.2, 0.25) is 0 Å². The van der Waals surface area contributed by atoms with Gasteiger partial charge in [-0.05, 0) is 120 Å². The number of anilines is 3. The van der Waals surface area contributed by atoms with E-state index >= 15 is 0 Å². The van der Waals surface area contributed by atoms with Gasteiger partial charge in [0.2, 0.25) is 0 Å². The summed E-state index contributed by atoms with van der Waals surface area (Å²) < 4.78 is 0. The van der Waals surface area contributed by atoms with E-state index in [1.165, 1.54) is 77.2 Å². The molecule has 1 nitrogen and oxygen atoms in total. The first-order chi connectivity index (χ1) is 28.3. The van der Waals surface area contributed by atoms with Crippen molar-refractivity contribution in [3.63, 3.8) is 0 Å². The van der Waals surface area contributed by atoms with E-state index in [2.05, 4.69) is 241 Å². The summed E-state index contributed by atoms with van der Waals surface area (Å²) in [4.78, 5) is 2.37. The van der Waals surface area contributed by atoms with Crippen molar-refractivity contribution in [3.05, 3.63) is 237 Å². The van der Waals surface area contributed by atoms with Gasteiger partial charge in [0.05, 0.1) is 0 Å². The molecule has 10 aromatic carbocycles. The Hall–Kier alpha value is -7.48. The predicted molar refractivity (Wildman–Crippen MR) is 243 cm³/mol. The first-order valence-electron chi connectivity index (χ1n) is 19.6. The molecular formula is C56H39N. The largest absolute Gasteiger partial charge is 0.310 e. The molecule has 0 aromatic heterocycles. The van der Waals surface area contributed by atoms with E-state index in [9.17, 15) is 0 Å². The van der Waals surface area contributed by atoms with Crippen molar-refractivity contribution in [2.24, 2.45) is 0 Å². The molecule has 1 heteroatoms. The van der Waals surface area contributed by atoms with Crippen LogP contribution in [-0.2, 0) is 0 Å². The average molecular weight is 726 g/mol. The maximum atomic E-state index is 2.37. The van der Waals surface area contributed by atoms with Gasteiger partial charge in [-0.2, -0.15) is 0 Å². The van der Waals surface area contributed by atoms with Crippen LogP contribution in [0.3, 0.4) is 0 Å². The molecular weight excluding hydrogens is 687 g/mol. The average Bonchev–Trinajstić information content (AvgIpc) is 3.30. The van der Waals surface area contributed by atoms with Crippen LogP contribution >= 0.6 is 0 Å². The zero-order valence-electron chi connectivity index (χ0n) is 31.5. The Morgan fingerprint density at radius 1 is 0.228 bits per heavy atom. The summed E-state index contributed by atoms with van der Waals surface area (Å²) in [5.41, 5.74) is 15.4. The number of fused-ring (bicyclic) bond motifs is 2. The van der Waals surface area contributed by atoms with E-state index < -0.39 is 0 Å². The summed E-state index contributed by atoms with van der Waals surface area (Å²) in [6, 6.07) is 85.6. The molecule has 0 bridgehead atoms. The third-order valence-electron chi connectivity index (χ3n) is 11.1. The summed E-state index contributed by atoms with van der Waals surface area (Å²) >= 11 is 0. The third kappa shape index (κ3) is 6.66. The van der Waals surface area contributed by atoms with Gasteiger partial charge in [0.1, 0.15) is 0 Å². The highest BCUT2D eigenvalue weighted by atomic mass is 15.1. The van der Waals surface area contributed by atoms with Crippen molar-refractivity contribution in [2.75, 3.05) is 4.90 Å². The summed E-state index contributed by atoms with van der Waals surface area (Å²) in [5, 5.41) is 5.02. The molecule has 0 aliphatic heterocycles. The molecule has 57 heavy (non-hydrogen) atoms. The minimum Gasteiger partial charge on any atom is -0.310 e. The lowest BCUT2D eigenvalue weighted by Crippen LogP contribution is -2.10. The summed E-state index contributed by atoms with van der Waals surface area (Å²) in [6.45, 7) is 0. The third-order valence-corrected chi connectivity index (χ3v) is 11.1.